The molecule has 1 unspecified atom stereocenters. The van der Waals surface area contributed by atoms with Gasteiger partial charge in [0.25, 0.3) is 0 Å². The van der Waals surface area contributed by atoms with Crippen LogP contribution in [-0.2, 0) is 0 Å². The van der Waals surface area contributed by atoms with Gasteiger partial charge in [0, 0.05) is 4.90 Å². The first-order valence-corrected chi connectivity index (χ1v) is 5.22. The average Bonchev–Trinajstić information content (AvgIpc) is 2.11. The minimum atomic E-state index is 0.250. The SMILES string of the molecule is C#CC(C)Sc1c(C)cccc1C. The highest BCUT2D eigenvalue weighted by molar-refractivity contribution is 8.00. The molecule has 0 amide bonds. The minimum Gasteiger partial charge on any atom is -0.119 e. The van der Waals surface area contributed by atoms with Crippen LogP contribution in [0.3, 0.4) is 0 Å². The van der Waals surface area contributed by atoms with Gasteiger partial charge >= 0.3 is 0 Å². The van der Waals surface area contributed by atoms with Crippen LogP contribution in [0.2, 0.25) is 0 Å². The molecule has 1 rings (SSSR count). The second kappa shape index (κ2) is 4.39. The summed E-state index contributed by atoms with van der Waals surface area (Å²) >= 11 is 1.76. The quantitative estimate of drug-likeness (QED) is 0.508. The van der Waals surface area contributed by atoms with Crippen molar-refractivity contribution in [3.63, 3.8) is 0 Å². The number of thioether (sulfide) groups is 1. The lowest BCUT2D eigenvalue weighted by Gasteiger charge is -2.10. The van der Waals surface area contributed by atoms with Crippen LogP contribution in [0.1, 0.15) is 18.1 Å². The van der Waals surface area contributed by atoms with Gasteiger partial charge in [0.15, 0.2) is 0 Å². The fourth-order valence-electron chi connectivity index (χ4n) is 1.20. The van der Waals surface area contributed by atoms with Crippen LogP contribution in [0.4, 0.5) is 0 Å². The van der Waals surface area contributed by atoms with Gasteiger partial charge in [-0.15, -0.1) is 18.2 Å². The molecule has 1 aromatic carbocycles. The Morgan fingerprint density at radius 1 is 1.31 bits per heavy atom. The van der Waals surface area contributed by atoms with Crippen LogP contribution >= 0.6 is 11.8 Å². The van der Waals surface area contributed by atoms with Gasteiger partial charge in [-0.1, -0.05) is 24.1 Å². The molecule has 1 atom stereocenters. The lowest BCUT2D eigenvalue weighted by atomic mass is 10.2. The average molecular weight is 190 g/mol. The molecule has 0 aliphatic rings. The summed E-state index contributed by atoms with van der Waals surface area (Å²) in [6, 6.07) is 6.33. The van der Waals surface area contributed by atoms with Gasteiger partial charge in [0.2, 0.25) is 0 Å². The summed E-state index contributed by atoms with van der Waals surface area (Å²) in [5.41, 5.74) is 2.62. The first-order chi connectivity index (χ1) is 6.15. The number of rotatable bonds is 2. The van der Waals surface area contributed by atoms with E-state index in [4.69, 9.17) is 6.42 Å². The standard InChI is InChI=1S/C12H14S/c1-5-11(4)13-12-9(2)7-6-8-10(12)3/h1,6-8,11H,2-4H3. The zero-order valence-electron chi connectivity index (χ0n) is 8.29. The van der Waals surface area contributed by atoms with Crippen molar-refractivity contribution in [2.24, 2.45) is 0 Å². The van der Waals surface area contributed by atoms with Crippen molar-refractivity contribution in [1.82, 2.24) is 0 Å². The van der Waals surface area contributed by atoms with Crippen molar-refractivity contribution in [2.45, 2.75) is 30.9 Å². The summed E-state index contributed by atoms with van der Waals surface area (Å²) in [4.78, 5) is 1.33. The monoisotopic (exact) mass is 190 g/mol. The van der Waals surface area contributed by atoms with E-state index < -0.39 is 0 Å². The number of hydrogen-bond donors (Lipinski definition) is 0. The summed E-state index contributed by atoms with van der Waals surface area (Å²) < 4.78 is 0. The summed E-state index contributed by atoms with van der Waals surface area (Å²) in [6.07, 6.45) is 5.35. The fraction of sp³-hybridized carbons (Fsp3) is 0.333. The second-order valence-corrected chi connectivity index (χ2v) is 4.50. The summed E-state index contributed by atoms with van der Waals surface area (Å²) in [6.45, 7) is 6.30. The third-order valence-electron chi connectivity index (χ3n) is 1.94. The number of aryl methyl sites for hydroxylation is 2. The smallest absolute Gasteiger partial charge is 0.0673 e. The Bertz CT molecular complexity index is 313. The molecule has 1 heteroatoms. The molecular weight excluding hydrogens is 176 g/mol. The lowest BCUT2D eigenvalue weighted by molar-refractivity contribution is 1.19. The molecule has 0 saturated heterocycles. The predicted molar refractivity (Wildman–Crippen MR) is 60.1 cm³/mol. The van der Waals surface area contributed by atoms with Crippen molar-refractivity contribution < 1.29 is 0 Å². The maximum atomic E-state index is 5.35. The molecule has 0 spiro atoms. The molecule has 68 valence electrons. The highest BCUT2D eigenvalue weighted by atomic mass is 32.2. The van der Waals surface area contributed by atoms with E-state index >= 15 is 0 Å². The van der Waals surface area contributed by atoms with E-state index in [1.165, 1.54) is 16.0 Å². The second-order valence-electron chi connectivity index (χ2n) is 3.15. The Balaban J connectivity index is 2.95. The van der Waals surface area contributed by atoms with Crippen LogP contribution in [0.5, 0.6) is 0 Å². The Morgan fingerprint density at radius 2 is 1.85 bits per heavy atom. The molecule has 0 aliphatic heterocycles. The van der Waals surface area contributed by atoms with Crippen LogP contribution < -0.4 is 0 Å². The largest absolute Gasteiger partial charge is 0.119 e. The number of benzene rings is 1. The zero-order chi connectivity index (χ0) is 9.84. The topological polar surface area (TPSA) is 0 Å². The fourth-order valence-corrected chi connectivity index (χ4v) is 2.13. The molecule has 1 aromatic rings. The van der Waals surface area contributed by atoms with Gasteiger partial charge in [-0.2, -0.15) is 0 Å². The third-order valence-corrected chi connectivity index (χ3v) is 3.31. The van der Waals surface area contributed by atoms with E-state index in [1.807, 2.05) is 0 Å². The normalized spacial score (nSPS) is 12.2. The molecule has 0 aromatic heterocycles. The van der Waals surface area contributed by atoms with Crippen molar-refractivity contribution >= 4 is 11.8 Å². The Kier molecular flexibility index (Phi) is 3.45. The maximum Gasteiger partial charge on any atom is 0.0673 e. The van der Waals surface area contributed by atoms with E-state index in [0.717, 1.165) is 0 Å². The summed E-state index contributed by atoms with van der Waals surface area (Å²) in [5.74, 6) is 2.73. The lowest BCUT2D eigenvalue weighted by Crippen LogP contribution is -1.93. The van der Waals surface area contributed by atoms with E-state index in [2.05, 4.69) is 44.9 Å². The van der Waals surface area contributed by atoms with Crippen LogP contribution in [-0.4, -0.2) is 5.25 Å². The maximum absolute atomic E-state index is 5.35. The van der Waals surface area contributed by atoms with Crippen LogP contribution in [0, 0.1) is 26.2 Å². The van der Waals surface area contributed by atoms with E-state index in [0.29, 0.717) is 0 Å². The molecule has 0 bridgehead atoms. The summed E-state index contributed by atoms with van der Waals surface area (Å²) in [5, 5.41) is 0.250. The van der Waals surface area contributed by atoms with Crippen molar-refractivity contribution in [3.8, 4) is 12.3 Å². The zero-order valence-corrected chi connectivity index (χ0v) is 9.11. The Labute approximate surface area is 84.7 Å². The van der Waals surface area contributed by atoms with Gasteiger partial charge in [-0.25, -0.2) is 0 Å². The number of terminal acetylenes is 1. The molecule has 0 N–H and O–H groups in total. The predicted octanol–water partition coefficient (Wildman–Crippen LogP) is 3.42. The minimum absolute atomic E-state index is 0.250. The van der Waals surface area contributed by atoms with Crippen molar-refractivity contribution in [3.05, 3.63) is 29.3 Å². The van der Waals surface area contributed by atoms with Crippen molar-refractivity contribution in [1.29, 1.82) is 0 Å². The molecule has 13 heavy (non-hydrogen) atoms. The highest BCUT2D eigenvalue weighted by Crippen LogP contribution is 2.29. The first-order valence-electron chi connectivity index (χ1n) is 4.34. The van der Waals surface area contributed by atoms with Gasteiger partial charge in [0.05, 0.1) is 5.25 Å². The number of hydrogen-bond acceptors (Lipinski definition) is 1. The Hall–Kier alpha value is -0.870. The molecule has 0 nitrogen and oxygen atoms in total. The van der Waals surface area contributed by atoms with Gasteiger partial charge in [0.1, 0.15) is 0 Å². The van der Waals surface area contributed by atoms with Gasteiger partial charge in [-0.3, -0.25) is 0 Å². The molecular formula is C12H14S. The van der Waals surface area contributed by atoms with Gasteiger partial charge < -0.3 is 0 Å². The molecule has 0 aliphatic carbocycles. The van der Waals surface area contributed by atoms with Gasteiger partial charge in [-0.05, 0) is 31.9 Å². The Morgan fingerprint density at radius 3 is 2.31 bits per heavy atom. The third kappa shape index (κ3) is 2.54. The molecule has 0 heterocycles. The summed E-state index contributed by atoms with van der Waals surface area (Å²) in [7, 11) is 0. The van der Waals surface area contributed by atoms with Crippen LogP contribution in [0.15, 0.2) is 23.1 Å². The first kappa shape index (κ1) is 10.2. The molecule has 0 saturated carbocycles. The van der Waals surface area contributed by atoms with Crippen LogP contribution in [0.25, 0.3) is 0 Å². The van der Waals surface area contributed by atoms with E-state index in [9.17, 15) is 0 Å². The molecule has 0 radical (unpaired) electrons. The van der Waals surface area contributed by atoms with E-state index in [-0.39, 0.29) is 5.25 Å². The highest BCUT2D eigenvalue weighted by Gasteiger charge is 2.05. The molecule has 0 fully saturated rings. The van der Waals surface area contributed by atoms with Crippen molar-refractivity contribution in [2.75, 3.05) is 0 Å². The van der Waals surface area contributed by atoms with E-state index in [1.54, 1.807) is 11.8 Å².